The Hall–Kier alpha value is -2.90. The van der Waals surface area contributed by atoms with Gasteiger partial charge < -0.3 is 9.64 Å². The third-order valence-electron chi connectivity index (χ3n) is 6.81. The molecule has 180 valence electrons. The van der Waals surface area contributed by atoms with Gasteiger partial charge in [-0.1, -0.05) is 23.7 Å². The summed E-state index contributed by atoms with van der Waals surface area (Å²) in [7, 11) is 2.10. The Morgan fingerprint density at radius 2 is 1.94 bits per heavy atom. The first-order valence-corrected chi connectivity index (χ1v) is 12.1. The van der Waals surface area contributed by atoms with Crippen molar-refractivity contribution in [3.8, 4) is 5.69 Å². The van der Waals surface area contributed by atoms with E-state index in [1.165, 1.54) is 0 Å². The Bertz CT molecular complexity index is 1380. The van der Waals surface area contributed by atoms with Crippen molar-refractivity contribution in [2.75, 3.05) is 20.2 Å². The summed E-state index contributed by atoms with van der Waals surface area (Å²) < 4.78 is 8.03. The number of para-hydroxylation sites is 1. The van der Waals surface area contributed by atoms with Crippen LogP contribution in [0.4, 0.5) is 0 Å². The molecule has 1 atom stereocenters. The number of rotatable bonds is 6. The largest absolute Gasteiger partial charge is 0.462 e. The van der Waals surface area contributed by atoms with Gasteiger partial charge in [-0.05, 0) is 83.0 Å². The van der Waals surface area contributed by atoms with Crippen LogP contribution in [0.3, 0.4) is 0 Å². The minimum Gasteiger partial charge on any atom is -0.462 e. The summed E-state index contributed by atoms with van der Waals surface area (Å²) in [6.07, 6.45) is 3.00. The van der Waals surface area contributed by atoms with E-state index in [9.17, 15) is 14.4 Å². The monoisotopic (exact) mass is 483 g/mol. The van der Waals surface area contributed by atoms with Crippen molar-refractivity contribution in [2.45, 2.75) is 52.6 Å². The molecule has 2 aromatic carbocycles. The quantitative estimate of drug-likeness (QED) is 0.494. The number of carbonyl (C=O) groups excluding carboxylic acids is 1. The van der Waals surface area contributed by atoms with E-state index in [2.05, 4.69) is 11.9 Å². The second-order valence-electron chi connectivity index (χ2n) is 8.90. The van der Waals surface area contributed by atoms with Gasteiger partial charge in [0, 0.05) is 12.6 Å². The minimum atomic E-state index is -0.495. The van der Waals surface area contributed by atoms with Gasteiger partial charge in [-0.15, -0.1) is 0 Å². The van der Waals surface area contributed by atoms with Gasteiger partial charge in [0.2, 0.25) is 0 Å². The highest BCUT2D eigenvalue weighted by Crippen LogP contribution is 2.26. The van der Waals surface area contributed by atoms with Crippen LogP contribution in [0.2, 0.25) is 5.02 Å². The van der Waals surface area contributed by atoms with Crippen LogP contribution in [-0.2, 0) is 11.3 Å². The maximum Gasteiger partial charge on any atom is 0.338 e. The van der Waals surface area contributed by atoms with E-state index >= 15 is 0 Å². The molecule has 2 heterocycles. The number of aromatic nitrogens is 2. The molecule has 8 heteroatoms. The van der Waals surface area contributed by atoms with E-state index < -0.39 is 17.2 Å². The van der Waals surface area contributed by atoms with Gasteiger partial charge in [-0.25, -0.2) is 14.2 Å². The second-order valence-corrected chi connectivity index (χ2v) is 9.31. The standard InChI is InChI=1S/C26H30ClN3O4/c1-5-34-25(32)22-16(2)15-21-23(17(22)3)24(31)30(20-11-7-6-10-19(20)27)26(33)29(21)14-12-18-9-8-13-28(18)4/h6-7,10-11,15,18H,5,8-9,12-14H2,1-4H3. The highest BCUT2D eigenvalue weighted by molar-refractivity contribution is 6.32. The average molecular weight is 484 g/mol. The fourth-order valence-electron chi connectivity index (χ4n) is 5.07. The van der Waals surface area contributed by atoms with Gasteiger partial charge in [0.25, 0.3) is 5.56 Å². The van der Waals surface area contributed by atoms with E-state index in [1.807, 2.05) is 0 Å². The molecule has 1 aromatic heterocycles. The van der Waals surface area contributed by atoms with Gasteiger partial charge in [0.15, 0.2) is 0 Å². The maximum atomic E-state index is 13.8. The minimum absolute atomic E-state index is 0.230. The number of benzene rings is 2. The van der Waals surface area contributed by atoms with Gasteiger partial charge >= 0.3 is 11.7 Å². The van der Waals surface area contributed by atoms with Crippen LogP contribution in [0.25, 0.3) is 16.6 Å². The molecule has 1 unspecified atom stereocenters. The molecule has 0 bridgehead atoms. The van der Waals surface area contributed by atoms with E-state index in [0.717, 1.165) is 30.4 Å². The summed E-state index contributed by atoms with van der Waals surface area (Å²) in [6, 6.07) is 8.93. The summed E-state index contributed by atoms with van der Waals surface area (Å²) in [5, 5.41) is 0.631. The van der Waals surface area contributed by atoms with Gasteiger partial charge in [0.1, 0.15) is 0 Å². The molecule has 0 N–H and O–H groups in total. The van der Waals surface area contributed by atoms with Crippen LogP contribution in [0.5, 0.6) is 0 Å². The lowest BCUT2D eigenvalue weighted by molar-refractivity contribution is 0.0525. The molecule has 0 aliphatic carbocycles. The van der Waals surface area contributed by atoms with Gasteiger partial charge in [-0.3, -0.25) is 9.36 Å². The lowest BCUT2D eigenvalue weighted by Gasteiger charge is -2.22. The van der Waals surface area contributed by atoms with Crippen molar-refractivity contribution >= 4 is 28.5 Å². The number of halogens is 1. The molecular weight excluding hydrogens is 454 g/mol. The van der Waals surface area contributed by atoms with Crippen LogP contribution in [0, 0.1) is 13.8 Å². The zero-order chi connectivity index (χ0) is 24.6. The van der Waals surface area contributed by atoms with Crippen LogP contribution in [0.15, 0.2) is 39.9 Å². The fraction of sp³-hybridized carbons (Fsp3) is 0.423. The summed E-state index contributed by atoms with van der Waals surface area (Å²) in [5.74, 6) is -0.478. The number of carbonyl (C=O) groups is 1. The SMILES string of the molecule is CCOC(=O)c1c(C)cc2c(c1C)c(=O)n(-c1ccccc1Cl)c(=O)n2CCC1CCCN1C. The molecule has 4 rings (SSSR count). The Morgan fingerprint density at radius 1 is 1.21 bits per heavy atom. The summed E-state index contributed by atoms with van der Waals surface area (Å²) in [4.78, 5) is 42.5. The third-order valence-corrected chi connectivity index (χ3v) is 7.13. The molecule has 0 amide bonds. The first-order valence-electron chi connectivity index (χ1n) is 11.7. The maximum absolute atomic E-state index is 13.8. The second kappa shape index (κ2) is 9.76. The molecule has 0 saturated carbocycles. The van der Waals surface area contributed by atoms with Gasteiger partial charge in [-0.2, -0.15) is 0 Å². The molecular formula is C26H30ClN3O4. The van der Waals surface area contributed by atoms with Crippen LogP contribution >= 0.6 is 11.6 Å². The average Bonchev–Trinajstić information content (AvgIpc) is 3.19. The number of nitrogens with zero attached hydrogens (tertiary/aromatic N) is 3. The number of aryl methyl sites for hydroxylation is 3. The van der Waals surface area contributed by atoms with Crippen molar-refractivity contribution < 1.29 is 9.53 Å². The Balaban J connectivity index is 2.02. The summed E-state index contributed by atoms with van der Waals surface area (Å²) in [5.41, 5.74) is 1.46. The Kier molecular flexibility index (Phi) is 6.96. The van der Waals surface area contributed by atoms with E-state index in [-0.39, 0.29) is 6.61 Å². The highest BCUT2D eigenvalue weighted by Gasteiger charge is 2.25. The molecule has 0 spiro atoms. The van der Waals surface area contributed by atoms with Crippen molar-refractivity contribution in [3.63, 3.8) is 0 Å². The molecule has 34 heavy (non-hydrogen) atoms. The van der Waals surface area contributed by atoms with Crippen LogP contribution < -0.4 is 11.2 Å². The van der Waals surface area contributed by atoms with E-state index in [0.29, 0.717) is 50.9 Å². The normalized spacial score (nSPS) is 16.3. The number of ether oxygens (including phenoxy) is 1. The zero-order valence-corrected chi connectivity index (χ0v) is 20.8. The van der Waals surface area contributed by atoms with Crippen molar-refractivity contribution in [2.24, 2.45) is 0 Å². The number of fused-ring (bicyclic) bond motifs is 1. The number of esters is 1. The van der Waals surface area contributed by atoms with E-state index in [1.54, 1.807) is 55.7 Å². The first-order chi connectivity index (χ1) is 16.3. The topological polar surface area (TPSA) is 73.5 Å². The smallest absolute Gasteiger partial charge is 0.338 e. The molecule has 1 aliphatic heterocycles. The molecule has 1 fully saturated rings. The molecule has 3 aromatic rings. The van der Waals surface area contributed by atoms with E-state index in [4.69, 9.17) is 16.3 Å². The summed E-state index contributed by atoms with van der Waals surface area (Å²) in [6.45, 7) is 7.00. The third kappa shape index (κ3) is 4.18. The molecule has 0 radical (unpaired) electrons. The number of hydrogen-bond donors (Lipinski definition) is 0. The fourth-order valence-corrected chi connectivity index (χ4v) is 5.29. The highest BCUT2D eigenvalue weighted by atomic mass is 35.5. The Labute approximate surface area is 203 Å². The predicted octanol–water partition coefficient (Wildman–Crippen LogP) is 4.08. The lowest BCUT2D eigenvalue weighted by Crippen LogP contribution is -2.40. The molecule has 1 aliphatic rings. The van der Waals surface area contributed by atoms with Crippen molar-refractivity contribution in [1.29, 1.82) is 0 Å². The predicted molar refractivity (Wildman–Crippen MR) is 135 cm³/mol. The van der Waals surface area contributed by atoms with Crippen LogP contribution in [0.1, 0.15) is 47.7 Å². The Morgan fingerprint density at radius 3 is 2.59 bits per heavy atom. The van der Waals surface area contributed by atoms with Crippen molar-refractivity contribution in [1.82, 2.24) is 14.0 Å². The summed E-state index contributed by atoms with van der Waals surface area (Å²) >= 11 is 6.41. The first kappa shape index (κ1) is 24.2. The zero-order valence-electron chi connectivity index (χ0n) is 20.1. The molecule has 1 saturated heterocycles. The molecule has 7 nitrogen and oxygen atoms in total. The number of likely N-dealkylation sites (tertiary alicyclic amines) is 1. The lowest BCUT2D eigenvalue weighted by atomic mass is 9.98. The van der Waals surface area contributed by atoms with Gasteiger partial charge in [0.05, 0.1) is 33.8 Å². The number of hydrogen-bond acceptors (Lipinski definition) is 5. The van der Waals surface area contributed by atoms with Crippen LogP contribution in [-0.4, -0.2) is 46.2 Å². The van der Waals surface area contributed by atoms with Crippen molar-refractivity contribution in [3.05, 3.63) is 72.9 Å².